The molecule has 0 saturated heterocycles. The Morgan fingerprint density at radius 2 is 2.28 bits per heavy atom. The van der Waals surface area contributed by atoms with Gasteiger partial charge in [0, 0.05) is 6.04 Å². The van der Waals surface area contributed by atoms with Crippen molar-refractivity contribution in [2.45, 2.75) is 51.5 Å². The largest absolute Gasteiger partial charge is 0.366 e. The van der Waals surface area contributed by atoms with E-state index in [9.17, 15) is 0 Å². The minimum Gasteiger partial charge on any atom is -0.366 e. The predicted octanol–water partition coefficient (Wildman–Crippen LogP) is 3.12. The van der Waals surface area contributed by atoms with Crippen molar-refractivity contribution in [1.29, 1.82) is 5.26 Å². The van der Waals surface area contributed by atoms with Crippen LogP contribution in [0.1, 0.15) is 51.1 Å². The van der Waals surface area contributed by atoms with E-state index in [0.717, 1.165) is 11.7 Å². The zero-order valence-electron chi connectivity index (χ0n) is 10.9. The molecule has 1 aromatic rings. The van der Waals surface area contributed by atoms with E-state index in [1.807, 2.05) is 6.07 Å². The average Bonchev–Trinajstić information content (AvgIpc) is 2.34. The van der Waals surface area contributed by atoms with Crippen molar-refractivity contribution in [2.75, 3.05) is 5.32 Å². The molecule has 0 aromatic carbocycles. The van der Waals surface area contributed by atoms with Gasteiger partial charge in [0.1, 0.15) is 11.9 Å². The first-order valence-electron chi connectivity index (χ1n) is 6.82. The third kappa shape index (κ3) is 3.19. The van der Waals surface area contributed by atoms with Gasteiger partial charge < -0.3 is 5.32 Å². The maximum atomic E-state index is 8.69. The molecule has 1 N–H and O–H groups in total. The van der Waals surface area contributed by atoms with E-state index in [1.54, 1.807) is 6.20 Å². The molecule has 0 bridgehead atoms. The third-order valence-electron chi connectivity index (χ3n) is 3.69. The van der Waals surface area contributed by atoms with Crippen LogP contribution in [0.4, 0.5) is 5.82 Å². The van der Waals surface area contributed by atoms with E-state index in [2.05, 4.69) is 22.2 Å². The molecule has 1 heterocycles. The second-order valence-electron chi connectivity index (χ2n) is 4.98. The van der Waals surface area contributed by atoms with Crippen molar-refractivity contribution in [3.8, 4) is 6.07 Å². The summed E-state index contributed by atoms with van der Waals surface area (Å²) >= 11 is 0. The van der Waals surface area contributed by atoms with Crippen LogP contribution in [-0.4, -0.2) is 16.0 Å². The Bertz CT molecular complexity index is 403. The molecule has 1 fully saturated rings. The van der Waals surface area contributed by atoms with E-state index in [4.69, 9.17) is 5.26 Å². The number of nitriles is 1. The van der Waals surface area contributed by atoms with Gasteiger partial charge in [0.2, 0.25) is 0 Å². The van der Waals surface area contributed by atoms with Crippen molar-refractivity contribution >= 4 is 5.82 Å². The zero-order chi connectivity index (χ0) is 12.8. The molecule has 1 unspecified atom stereocenters. The van der Waals surface area contributed by atoms with Crippen molar-refractivity contribution in [3.63, 3.8) is 0 Å². The SMILES string of the molecule is CCCCC(Nc1cnc(C#N)cn1)C1CCC1. The summed E-state index contributed by atoms with van der Waals surface area (Å²) in [5.74, 6) is 1.58. The molecular weight excluding hydrogens is 224 g/mol. The van der Waals surface area contributed by atoms with Gasteiger partial charge in [-0.3, -0.25) is 0 Å². The monoisotopic (exact) mass is 244 g/mol. The second-order valence-corrected chi connectivity index (χ2v) is 4.98. The molecule has 0 aliphatic heterocycles. The van der Waals surface area contributed by atoms with Crippen LogP contribution in [0.25, 0.3) is 0 Å². The zero-order valence-corrected chi connectivity index (χ0v) is 10.9. The lowest BCUT2D eigenvalue weighted by molar-refractivity contribution is 0.263. The number of unbranched alkanes of at least 4 members (excludes halogenated alkanes) is 1. The summed E-state index contributed by atoms with van der Waals surface area (Å²) in [6, 6.07) is 2.50. The molecule has 0 spiro atoms. The lowest BCUT2D eigenvalue weighted by atomic mass is 9.78. The summed E-state index contributed by atoms with van der Waals surface area (Å²) in [5.41, 5.74) is 0.370. The minimum atomic E-state index is 0.370. The molecule has 1 aliphatic carbocycles. The summed E-state index contributed by atoms with van der Waals surface area (Å²) in [6.07, 6.45) is 10.9. The molecule has 18 heavy (non-hydrogen) atoms. The van der Waals surface area contributed by atoms with Crippen LogP contribution in [-0.2, 0) is 0 Å². The van der Waals surface area contributed by atoms with E-state index in [-0.39, 0.29) is 0 Å². The van der Waals surface area contributed by atoms with Crippen molar-refractivity contribution < 1.29 is 0 Å². The third-order valence-corrected chi connectivity index (χ3v) is 3.69. The Labute approximate surface area is 108 Å². The topological polar surface area (TPSA) is 61.6 Å². The predicted molar refractivity (Wildman–Crippen MR) is 71.0 cm³/mol. The Balaban J connectivity index is 1.95. The fraction of sp³-hybridized carbons (Fsp3) is 0.643. The lowest BCUT2D eigenvalue weighted by Crippen LogP contribution is -2.34. The first kappa shape index (κ1) is 12.8. The van der Waals surface area contributed by atoms with Gasteiger partial charge in [-0.25, -0.2) is 9.97 Å². The highest BCUT2D eigenvalue weighted by atomic mass is 15.0. The van der Waals surface area contributed by atoms with Gasteiger partial charge in [0.15, 0.2) is 5.69 Å². The summed E-state index contributed by atoms with van der Waals surface area (Å²) < 4.78 is 0. The summed E-state index contributed by atoms with van der Waals surface area (Å²) in [6.45, 7) is 2.22. The molecule has 1 aliphatic rings. The number of hydrogen-bond acceptors (Lipinski definition) is 4. The molecule has 4 heteroatoms. The van der Waals surface area contributed by atoms with Crippen molar-refractivity contribution in [2.24, 2.45) is 5.92 Å². The van der Waals surface area contributed by atoms with Gasteiger partial charge in [-0.15, -0.1) is 0 Å². The van der Waals surface area contributed by atoms with Crippen LogP contribution in [0.5, 0.6) is 0 Å². The summed E-state index contributed by atoms with van der Waals surface area (Å²) in [5, 5.41) is 12.2. The second kappa shape index (κ2) is 6.34. The molecular formula is C14H20N4. The van der Waals surface area contributed by atoms with E-state index >= 15 is 0 Å². The highest BCUT2D eigenvalue weighted by molar-refractivity contribution is 5.34. The van der Waals surface area contributed by atoms with Crippen LogP contribution in [0.3, 0.4) is 0 Å². The highest BCUT2D eigenvalue weighted by Gasteiger charge is 2.26. The normalized spacial score (nSPS) is 16.7. The van der Waals surface area contributed by atoms with Gasteiger partial charge in [-0.05, 0) is 25.2 Å². The first-order chi connectivity index (χ1) is 8.83. The van der Waals surface area contributed by atoms with Crippen molar-refractivity contribution in [3.05, 3.63) is 18.1 Å². The van der Waals surface area contributed by atoms with Gasteiger partial charge in [-0.1, -0.05) is 26.2 Å². The number of anilines is 1. The number of hydrogen-bond donors (Lipinski definition) is 1. The first-order valence-corrected chi connectivity index (χ1v) is 6.82. The molecule has 2 rings (SSSR count). The highest BCUT2D eigenvalue weighted by Crippen LogP contribution is 2.33. The van der Waals surface area contributed by atoms with Gasteiger partial charge in [0.05, 0.1) is 12.4 Å². The molecule has 4 nitrogen and oxygen atoms in total. The maximum Gasteiger partial charge on any atom is 0.158 e. The minimum absolute atomic E-state index is 0.370. The molecule has 1 saturated carbocycles. The maximum absolute atomic E-state index is 8.69. The summed E-state index contributed by atoms with van der Waals surface area (Å²) in [4.78, 5) is 8.29. The van der Waals surface area contributed by atoms with E-state index in [1.165, 1.54) is 44.7 Å². The number of nitrogens with one attached hydrogen (secondary N) is 1. The number of aromatic nitrogens is 2. The molecule has 0 radical (unpaired) electrons. The quantitative estimate of drug-likeness (QED) is 0.835. The van der Waals surface area contributed by atoms with Crippen LogP contribution < -0.4 is 5.32 Å². The smallest absolute Gasteiger partial charge is 0.158 e. The Morgan fingerprint density at radius 3 is 2.78 bits per heavy atom. The van der Waals surface area contributed by atoms with E-state index in [0.29, 0.717) is 11.7 Å². The lowest BCUT2D eigenvalue weighted by Gasteiger charge is -2.34. The van der Waals surface area contributed by atoms with Crippen molar-refractivity contribution in [1.82, 2.24) is 9.97 Å². The number of rotatable bonds is 6. The van der Waals surface area contributed by atoms with Crippen LogP contribution in [0.15, 0.2) is 12.4 Å². The molecule has 0 amide bonds. The fourth-order valence-electron chi connectivity index (χ4n) is 2.34. The Morgan fingerprint density at radius 1 is 1.44 bits per heavy atom. The molecule has 1 atom stereocenters. The Kier molecular flexibility index (Phi) is 4.52. The molecule has 96 valence electrons. The van der Waals surface area contributed by atoms with Gasteiger partial charge in [0.25, 0.3) is 0 Å². The summed E-state index contributed by atoms with van der Waals surface area (Å²) in [7, 11) is 0. The van der Waals surface area contributed by atoms with Crippen LogP contribution >= 0.6 is 0 Å². The van der Waals surface area contributed by atoms with Crippen LogP contribution in [0.2, 0.25) is 0 Å². The standard InChI is InChI=1S/C14H20N4/c1-2-3-7-13(11-5-4-6-11)18-14-10-16-12(8-15)9-17-14/h9-11,13H,2-7H2,1H3,(H,17,18). The molecule has 1 aromatic heterocycles. The fourth-order valence-corrected chi connectivity index (χ4v) is 2.34. The van der Waals surface area contributed by atoms with E-state index < -0.39 is 0 Å². The van der Waals surface area contributed by atoms with Crippen LogP contribution in [0, 0.1) is 17.2 Å². The van der Waals surface area contributed by atoms with Gasteiger partial charge in [-0.2, -0.15) is 5.26 Å². The van der Waals surface area contributed by atoms with Gasteiger partial charge >= 0.3 is 0 Å². The number of nitrogens with zero attached hydrogens (tertiary/aromatic N) is 3. The average molecular weight is 244 g/mol. The Hall–Kier alpha value is -1.63.